The highest BCUT2D eigenvalue weighted by Gasteiger charge is 2.20. The van der Waals surface area contributed by atoms with Gasteiger partial charge in [0, 0.05) is 6.54 Å². The van der Waals surface area contributed by atoms with Gasteiger partial charge in [0.2, 0.25) is 0 Å². The second-order valence-electron chi connectivity index (χ2n) is 4.50. The predicted octanol–water partition coefficient (Wildman–Crippen LogP) is 1.52. The van der Waals surface area contributed by atoms with E-state index in [9.17, 15) is 9.59 Å². The summed E-state index contributed by atoms with van der Waals surface area (Å²) >= 11 is 0. The van der Waals surface area contributed by atoms with Gasteiger partial charge in [-0.3, -0.25) is 0 Å². The topological polar surface area (TPSA) is 108 Å². The van der Waals surface area contributed by atoms with Gasteiger partial charge in [0.25, 0.3) is 0 Å². The number of carboxylic acids is 1. The van der Waals surface area contributed by atoms with E-state index in [1.807, 2.05) is 35.8 Å². The van der Waals surface area contributed by atoms with Gasteiger partial charge >= 0.3 is 12.1 Å². The van der Waals surface area contributed by atoms with Crippen LogP contribution < -0.4 is 10.8 Å². The van der Waals surface area contributed by atoms with E-state index < -0.39 is 18.1 Å². The molecule has 7 nitrogen and oxygen atoms in total. The van der Waals surface area contributed by atoms with Crippen molar-refractivity contribution in [2.45, 2.75) is 31.9 Å². The van der Waals surface area contributed by atoms with E-state index in [-0.39, 0.29) is 13.0 Å². The third kappa shape index (κ3) is 7.28. The average molecular weight is 296 g/mol. The van der Waals surface area contributed by atoms with E-state index in [2.05, 4.69) is 5.32 Å². The Morgan fingerprint density at radius 2 is 1.90 bits per heavy atom. The number of carbonyl (C=O) groups excluding carboxylic acids is 1. The summed E-state index contributed by atoms with van der Waals surface area (Å²) in [5, 5.41) is 19.8. The quantitative estimate of drug-likeness (QED) is 0.406. The summed E-state index contributed by atoms with van der Waals surface area (Å²) in [6.45, 7) is 0.470. The van der Waals surface area contributed by atoms with Gasteiger partial charge in [0.15, 0.2) is 0 Å². The Hall–Kier alpha value is -2.12. The number of benzene rings is 1. The first-order chi connectivity index (χ1) is 10.1. The van der Waals surface area contributed by atoms with Crippen LogP contribution in [-0.4, -0.2) is 35.0 Å². The van der Waals surface area contributed by atoms with Gasteiger partial charge < -0.3 is 20.4 Å². The van der Waals surface area contributed by atoms with Crippen LogP contribution in [0.5, 0.6) is 0 Å². The molecular formula is C14H20N2O5. The van der Waals surface area contributed by atoms with E-state index in [0.717, 1.165) is 5.56 Å². The second kappa shape index (κ2) is 9.73. The van der Waals surface area contributed by atoms with Gasteiger partial charge in [0.05, 0.1) is 0 Å². The number of hydrogen-bond donors (Lipinski definition) is 4. The first kappa shape index (κ1) is 16.9. The van der Waals surface area contributed by atoms with Crippen LogP contribution in [0.2, 0.25) is 0 Å². The van der Waals surface area contributed by atoms with Crippen LogP contribution in [0.4, 0.5) is 4.79 Å². The molecule has 0 aliphatic rings. The smallest absolute Gasteiger partial charge is 0.408 e. The molecule has 0 aliphatic carbocycles. The molecule has 0 fully saturated rings. The zero-order valence-corrected chi connectivity index (χ0v) is 11.6. The Kier molecular flexibility index (Phi) is 7.85. The average Bonchev–Trinajstić information content (AvgIpc) is 2.49. The maximum absolute atomic E-state index is 11.6. The van der Waals surface area contributed by atoms with E-state index in [1.54, 1.807) is 0 Å². The molecule has 7 heteroatoms. The van der Waals surface area contributed by atoms with Crippen LogP contribution in [0.1, 0.15) is 24.8 Å². The van der Waals surface area contributed by atoms with Crippen molar-refractivity contribution >= 4 is 12.1 Å². The number of hydrogen-bond acceptors (Lipinski definition) is 5. The SMILES string of the molecule is O=C(N[C@@H](CCCCNO)C(=O)O)OCc1ccccc1. The highest BCUT2D eigenvalue weighted by molar-refractivity contribution is 5.79. The van der Waals surface area contributed by atoms with Crippen molar-refractivity contribution in [1.82, 2.24) is 10.8 Å². The Morgan fingerprint density at radius 3 is 2.52 bits per heavy atom. The molecule has 0 bridgehead atoms. The summed E-state index contributed by atoms with van der Waals surface area (Å²) in [4.78, 5) is 22.6. The maximum Gasteiger partial charge on any atom is 0.408 e. The molecule has 0 radical (unpaired) electrons. The zero-order valence-electron chi connectivity index (χ0n) is 11.6. The lowest BCUT2D eigenvalue weighted by Gasteiger charge is -2.14. The number of amides is 1. The summed E-state index contributed by atoms with van der Waals surface area (Å²) in [5.41, 5.74) is 2.82. The van der Waals surface area contributed by atoms with Gasteiger partial charge in [-0.1, -0.05) is 30.3 Å². The highest BCUT2D eigenvalue weighted by atomic mass is 16.5. The van der Waals surface area contributed by atoms with Crippen molar-refractivity contribution in [3.63, 3.8) is 0 Å². The molecule has 1 aromatic rings. The molecule has 1 aromatic carbocycles. The van der Waals surface area contributed by atoms with Gasteiger partial charge in [0.1, 0.15) is 12.6 Å². The fourth-order valence-corrected chi connectivity index (χ4v) is 1.72. The summed E-state index contributed by atoms with van der Waals surface area (Å²) < 4.78 is 4.97. The van der Waals surface area contributed by atoms with Crippen LogP contribution >= 0.6 is 0 Å². The standard InChI is InChI=1S/C14H20N2O5/c17-13(18)12(8-4-5-9-15-20)16-14(19)21-10-11-6-2-1-3-7-11/h1-3,6-7,12,15,20H,4-5,8-10H2,(H,16,19)(H,17,18)/t12-/m0/s1. The van der Waals surface area contributed by atoms with E-state index >= 15 is 0 Å². The lowest BCUT2D eigenvalue weighted by molar-refractivity contribution is -0.139. The van der Waals surface area contributed by atoms with Gasteiger partial charge in [-0.25, -0.2) is 15.1 Å². The van der Waals surface area contributed by atoms with Crippen LogP contribution in [0, 0.1) is 0 Å². The number of ether oxygens (including phenoxy) is 1. The largest absolute Gasteiger partial charge is 0.480 e. The first-order valence-electron chi connectivity index (χ1n) is 6.70. The number of rotatable bonds is 9. The summed E-state index contributed by atoms with van der Waals surface area (Å²) in [6.07, 6.45) is 0.689. The Morgan fingerprint density at radius 1 is 1.19 bits per heavy atom. The minimum absolute atomic E-state index is 0.0907. The number of nitrogens with one attached hydrogen (secondary N) is 2. The molecule has 0 aliphatic heterocycles. The molecule has 0 saturated carbocycles. The molecule has 4 N–H and O–H groups in total. The lowest BCUT2D eigenvalue weighted by Crippen LogP contribution is -2.41. The lowest BCUT2D eigenvalue weighted by atomic mass is 10.1. The van der Waals surface area contributed by atoms with Crippen LogP contribution in [0.25, 0.3) is 0 Å². The number of aliphatic carboxylic acids is 1. The number of unbranched alkanes of at least 4 members (excludes halogenated alkanes) is 1. The molecule has 0 unspecified atom stereocenters. The first-order valence-corrected chi connectivity index (χ1v) is 6.70. The Labute approximate surface area is 122 Å². The molecule has 0 saturated heterocycles. The fourth-order valence-electron chi connectivity index (χ4n) is 1.72. The second-order valence-corrected chi connectivity index (χ2v) is 4.50. The van der Waals surface area contributed by atoms with Crippen molar-refractivity contribution in [2.75, 3.05) is 6.54 Å². The molecule has 116 valence electrons. The summed E-state index contributed by atoms with van der Waals surface area (Å²) in [7, 11) is 0. The van der Waals surface area contributed by atoms with Crippen LogP contribution in [-0.2, 0) is 16.1 Å². The molecule has 1 atom stereocenters. The van der Waals surface area contributed by atoms with Crippen molar-refractivity contribution in [1.29, 1.82) is 0 Å². The third-order valence-electron chi connectivity index (χ3n) is 2.83. The number of carbonyl (C=O) groups is 2. The molecule has 0 heterocycles. The number of alkyl carbamates (subject to hydrolysis) is 1. The molecular weight excluding hydrogens is 276 g/mol. The molecule has 0 aromatic heterocycles. The zero-order chi connectivity index (χ0) is 15.5. The molecule has 0 spiro atoms. The third-order valence-corrected chi connectivity index (χ3v) is 2.83. The Balaban J connectivity index is 2.33. The maximum atomic E-state index is 11.6. The summed E-state index contributed by atoms with van der Waals surface area (Å²) in [5.74, 6) is -1.11. The molecule has 1 amide bonds. The van der Waals surface area contributed by atoms with Crippen molar-refractivity contribution in [2.24, 2.45) is 0 Å². The van der Waals surface area contributed by atoms with Crippen LogP contribution in [0.15, 0.2) is 30.3 Å². The van der Waals surface area contributed by atoms with E-state index in [4.69, 9.17) is 15.1 Å². The number of carboxylic acid groups (broad SMARTS) is 1. The Bertz CT molecular complexity index is 438. The van der Waals surface area contributed by atoms with E-state index in [1.165, 1.54) is 0 Å². The van der Waals surface area contributed by atoms with Gasteiger partial charge in [-0.15, -0.1) is 0 Å². The normalized spacial score (nSPS) is 11.7. The fraction of sp³-hybridized carbons (Fsp3) is 0.429. The van der Waals surface area contributed by atoms with Gasteiger partial charge in [-0.2, -0.15) is 0 Å². The minimum atomic E-state index is -1.11. The highest BCUT2D eigenvalue weighted by Crippen LogP contribution is 2.04. The van der Waals surface area contributed by atoms with Gasteiger partial charge in [-0.05, 0) is 24.8 Å². The minimum Gasteiger partial charge on any atom is -0.480 e. The molecule has 21 heavy (non-hydrogen) atoms. The van der Waals surface area contributed by atoms with Crippen molar-refractivity contribution in [3.8, 4) is 0 Å². The van der Waals surface area contributed by atoms with E-state index in [0.29, 0.717) is 19.4 Å². The number of hydroxylamine groups is 1. The molecule has 1 rings (SSSR count). The van der Waals surface area contributed by atoms with Crippen molar-refractivity contribution in [3.05, 3.63) is 35.9 Å². The summed E-state index contributed by atoms with van der Waals surface area (Å²) in [6, 6.07) is 8.13. The monoisotopic (exact) mass is 296 g/mol. The predicted molar refractivity (Wildman–Crippen MR) is 74.8 cm³/mol. The van der Waals surface area contributed by atoms with Crippen molar-refractivity contribution < 1.29 is 24.6 Å². The van der Waals surface area contributed by atoms with Crippen LogP contribution in [0.3, 0.4) is 0 Å².